The molecule has 0 unspecified atom stereocenters. The van der Waals surface area contributed by atoms with Crippen molar-refractivity contribution in [2.75, 3.05) is 18.4 Å². The molecule has 0 atom stereocenters. The van der Waals surface area contributed by atoms with E-state index in [4.69, 9.17) is 0 Å². The predicted molar refractivity (Wildman–Crippen MR) is 133 cm³/mol. The van der Waals surface area contributed by atoms with Crippen molar-refractivity contribution in [1.29, 1.82) is 0 Å². The Bertz CT molecular complexity index is 1480. The Morgan fingerprint density at radius 1 is 1.14 bits per heavy atom. The quantitative estimate of drug-likeness (QED) is 0.417. The fraction of sp³-hybridized carbons (Fsp3) is 0.346. The fourth-order valence-corrected chi connectivity index (χ4v) is 4.80. The highest BCUT2D eigenvalue weighted by Gasteiger charge is 2.20. The summed E-state index contributed by atoms with van der Waals surface area (Å²) in [5, 5.41) is 3.04. The van der Waals surface area contributed by atoms with Crippen molar-refractivity contribution in [3.63, 3.8) is 0 Å². The van der Waals surface area contributed by atoms with E-state index in [-0.39, 0.29) is 29.0 Å². The summed E-state index contributed by atoms with van der Waals surface area (Å²) in [5.74, 6) is 0.313. The van der Waals surface area contributed by atoms with Crippen molar-refractivity contribution < 1.29 is 13.6 Å². The summed E-state index contributed by atoms with van der Waals surface area (Å²) in [4.78, 5) is 30.9. The van der Waals surface area contributed by atoms with Crippen LogP contribution in [0.2, 0.25) is 0 Å². The summed E-state index contributed by atoms with van der Waals surface area (Å²) in [6, 6.07) is 6.77. The average molecular weight is 492 g/mol. The highest BCUT2D eigenvalue weighted by atomic mass is 19.1. The van der Waals surface area contributed by atoms with Crippen LogP contribution in [-0.2, 0) is 17.8 Å². The molecular formula is C26H27F2N7O. The van der Waals surface area contributed by atoms with Gasteiger partial charge in [0, 0.05) is 36.8 Å². The Balaban J connectivity index is 1.45. The molecule has 36 heavy (non-hydrogen) atoms. The maximum atomic E-state index is 14.9. The lowest BCUT2D eigenvalue weighted by atomic mass is 10.1. The number of carbonyl (C=O) groups excluding carboxylic acids is 1. The summed E-state index contributed by atoms with van der Waals surface area (Å²) >= 11 is 0. The molecule has 1 N–H and O–H groups in total. The minimum Gasteiger partial charge on any atom is -0.326 e. The van der Waals surface area contributed by atoms with Crippen LogP contribution in [0.25, 0.3) is 22.3 Å². The molecule has 10 heteroatoms. The van der Waals surface area contributed by atoms with Crippen LogP contribution in [0.1, 0.15) is 43.9 Å². The molecule has 0 aliphatic carbocycles. The van der Waals surface area contributed by atoms with Gasteiger partial charge in [0.25, 0.3) is 0 Å². The topological polar surface area (TPSA) is 88.8 Å². The number of hydrogen-bond acceptors (Lipinski definition) is 7. The van der Waals surface area contributed by atoms with E-state index in [0.29, 0.717) is 35.8 Å². The zero-order valence-electron chi connectivity index (χ0n) is 20.6. The van der Waals surface area contributed by atoms with Gasteiger partial charge in [-0.15, -0.1) is 0 Å². The second kappa shape index (κ2) is 9.34. The number of aryl methyl sites for hydroxylation is 1. The molecule has 0 radical (unpaired) electrons. The van der Waals surface area contributed by atoms with Gasteiger partial charge in [0.2, 0.25) is 5.95 Å². The SMILES string of the molecule is CC(=O)CN1CCc2nc(Nc3ncc(F)c(-c4cc(F)c5nc(C)n(C(C)C)c5c4)n3)ccc2C1. The molecule has 8 nitrogen and oxygen atoms in total. The van der Waals surface area contributed by atoms with Gasteiger partial charge in [0.05, 0.1) is 18.3 Å². The van der Waals surface area contributed by atoms with Gasteiger partial charge in [-0.1, -0.05) is 6.07 Å². The molecule has 0 amide bonds. The smallest absolute Gasteiger partial charge is 0.229 e. The number of hydrogen-bond donors (Lipinski definition) is 1. The van der Waals surface area contributed by atoms with Crippen LogP contribution in [-0.4, -0.2) is 48.3 Å². The fourth-order valence-electron chi connectivity index (χ4n) is 4.80. The molecule has 1 aromatic carbocycles. The molecule has 0 bridgehead atoms. The van der Waals surface area contributed by atoms with Crippen LogP contribution in [0.15, 0.2) is 30.5 Å². The van der Waals surface area contributed by atoms with Crippen molar-refractivity contribution in [3.05, 3.63) is 59.2 Å². The normalized spacial score (nSPS) is 13.9. The van der Waals surface area contributed by atoms with E-state index in [1.165, 1.54) is 6.07 Å². The molecule has 0 spiro atoms. The Morgan fingerprint density at radius 2 is 1.94 bits per heavy atom. The largest absolute Gasteiger partial charge is 0.326 e. The lowest BCUT2D eigenvalue weighted by Crippen LogP contribution is -2.34. The summed E-state index contributed by atoms with van der Waals surface area (Å²) < 4.78 is 31.6. The standard InChI is InChI=1S/C26H27F2N7O/c1-14(2)35-16(4)30-25-19(27)9-18(10-22(25)35)24-20(28)11-29-26(33-24)32-23-6-5-17-13-34(12-15(3)36)8-7-21(17)31-23/h5-6,9-11,14H,7-8,12-13H2,1-4H3,(H,29,31,32,33). The van der Waals surface area contributed by atoms with E-state index in [2.05, 4.69) is 30.2 Å². The number of benzene rings is 1. The molecule has 4 aromatic rings. The average Bonchev–Trinajstić information content (AvgIpc) is 3.16. The number of pyridine rings is 1. The lowest BCUT2D eigenvalue weighted by Gasteiger charge is -2.27. The minimum absolute atomic E-state index is 0.0136. The lowest BCUT2D eigenvalue weighted by molar-refractivity contribution is -0.118. The molecule has 5 rings (SSSR count). The zero-order valence-corrected chi connectivity index (χ0v) is 20.6. The van der Waals surface area contributed by atoms with E-state index < -0.39 is 11.6 Å². The van der Waals surface area contributed by atoms with E-state index in [1.54, 1.807) is 19.1 Å². The molecule has 0 saturated heterocycles. The number of halogens is 2. The first-order chi connectivity index (χ1) is 17.2. The van der Waals surface area contributed by atoms with E-state index in [0.717, 1.165) is 30.4 Å². The van der Waals surface area contributed by atoms with Crippen LogP contribution in [0, 0.1) is 18.6 Å². The summed E-state index contributed by atoms with van der Waals surface area (Å²) in [6.45, 7) is 9.22. The predicted octanol–water partition coefficient (Wildman–Crippen LogP) is 4.75. The minimum atomic E-state index is -0.657. The third-order valence-electron chi connectivity index (χ3n) is 6.27. The van der Waals surface area contributed by atoms with Gasteiger partial charge in [0.1, 0.15) is 28.6 Å². The number of fused-ring (bicyclic) bond motifs is 2. The van der Waals surface area contributed by atoms with Crippen LogP contribution < -0.4 is 5.32 Å². The number of imidazole rings is 1. The number of rotatable bonds is 6. The summed E-state index contributed by atoms with van der Waals surface area (Å²) in [7, 11) is 0. The van der Waals surface area contributed by atoms with Gasteiger partial charge >= 0.3 is 0 Å². The van der Waals surface area contributed by atoms with Crippen molar-refractivity contribution in [3.8, 4) is 11.3 Å². The molecule has 4 heterocycles. The second-order valence-electron chi connectivity index (χ2n) is 9.43. The van der Waals surface area contributed by atoms with Crippen molar-refractivity contribution in [2.45, 2.75) is 46.7 Å². The van der Waals surface area contributed by atoms with E-state index in [1.807, 2.05) is 31.4 Å². The first kappa shape index (κ1) is 23.9. The number of carbonyl (C=O) groups is 1. The number of ketones is 1. The molecule has 3 aromatic heterocycles. The molecular weight excluding hydrogens is 464 g/mol. The Kier molecular flexibility index (Phi) is 6.21. The Hall–Kier alpha value is -3.79. The van der Waals surface area contributed by atoms with Crippen LogP contribution in [0.4, 0.5) is 20.5 Å². The van der Waals surface area contributed by atoms with Crippen molar-refractivity contribution in [1.82, 2.24) is 29.4 Å². The molecule has 186 valence electrons. The summed E-state index contributed by atoms with van der Waals surface area (Å²) in [5.41, 5.74) is 3.12. The molecule has 1 aliphatic rings. The highest BCUT2D eigenvalue weighted by Crippen LogP contribution is 2.30. The van der Waals surface area contributed by atoms with Gasteiger partial charge in [-0.25, -0.2) is 28.7 Å². The zero-order chi connectivity index (χ0) is 25.6. The Morgan fingerprint density at radius 3 is 2.69 bits per heavy atom. The highest BCUT2D eigenvalue weighted by molar-refractivity contribution is 5.83. The number of nitrogens with zero attached hydrogens (tertiary/aromatic N) is 6. The number of anilines is 2. The number of Topliss-reactive ketones (excluding diaryl/α,β-unsaturated/α-hetero) is 1. The third-order valence-corrected chi connectivity index (χ3v) is 6.27. The molecule has 0 saturated carbocycles. The molecule has 0 fully saturated rings. The number of aromatic nitrogens is 5. The van der Waals surface area contributed by atoms with Crippen LogP contribution in [0.5, 0.6) is 0 Å². The number of nitrogens with one attached hydrogen (secondary N) is 1. The van der Waals surface area contributed by atoms with Crippen LogP contribution in [0.3, 0.4) is 0 Å². The van der Waals surface area contributed by atoms with Gasteiger partial charge in [-0.2, -0.15) is 0 Å². The van der Waals surface area contributed by atoms with Crippen LogP contribution >= 0.6 is 0 Å². The monoisotopic (exact) mass is 491 g/mol. The van der Waals surface area contributed by atoms with Crippen molar-refractivity contribution >= 4 is 28.6 Å². The Labute approximate surface area is 207 Å². The third kappa shape index (κ3) is 4.56. The van der Waals surface area contributed by atoms with E-state index >= 15 is 0 Å². The first-order valence-corrected chi connectivity index (χ1v) is 11.9. The van der Waals surface area contributed by atoms with Gasteiger partial charge < -0.3 is 9.88 Å². The van der Waals surface area contributed by atoms with E-state index in [9.17, 15) is 13.6 Å². The van der Waals surface area contributed by atoms with Gasteiger partial charge in [-0.05, 0) is 51.5 Å². The van der Waals surface area contributed by atoms with Crippen molar-refractivity contribution in [2.24, 2.45) is 0 Å². The molecule has 1 aliphatic heterocycles. The maximum absolute atomic E-state index is 14.9. The second-order valence-corrected chi connectivity index (χ2v) is 9.43. The van der Waals surface area contributed by atoms with Gasteiger partial charge in [0.15, 0.2) is 11.6 Å². The van der Waals surface area contributed by atoms with Gasteiger partial charge in [-0.3, -0.25) is 9.69 Å². The first-order valence-electron chi connectivity index (χ1n) is 11.9. The maximum Gasteiger partial charge on any atom is 0.229 e. The summed E-state index contributed by atoms with van der Waals surface area (Å²) in [6.07, 6.45) is 1.78.